The number of benzene rings is 2. The highest BCUT2D eigenvalue weighted by molar-refractivity contribution is 5.85. The number of hydrogen-bond acceptors (Lipinski definition) is 4. The molecule has 0 saturated carbocycles. The Bertz CT molecular complexity index is 682. The summed E-state index contributed by atoms with van der Waals surface area (Å²) in [6.07, 6.45) is 0. The Labute approximate surface area is 169 Å². The van der Waals surface area contributed by atoms with Gasteiger partial charge in [-0.1, -0.05) is 36.4 Å². The molecule has 26 heavy (non-hydrogen) atoms. The van der Waals surface area contributed by atoms with E-state index in [1.807, 2.05) is 6.07 Å². The Morgan fingerprint density at radius 2 is 1.77 bits per heavy atom. The number of ether oxygens (including phenoxy) is 1. The van der Waals surface area contributed by atoms with E-state index in [9.17, 15) is 0 Å². The molecule has 1 saturated heterocycles. The molecule has 2 aromatic carbocycles. The predicted octanol–water partition coefficient (Wildman–Crippen LogP) is 3.75. The maximum absolute atomic E-state index is 5.60. The average Bonchev–Trinajstić information content (AvgIpc) is 2.62. The van der Waals surface area contributed by atoms with Crippen LogP contribution in [0.4, 0.5) is 5.69 Å². The van der Waals surface area contributed by atoms with Gasteiger partial charge in [0.1, 0.15) is 5.75 Å². The van der Waals surface area contributed by atoms with Crippen LogP contribution in [0.5, 0.6) is 5.75 Å². The zero-order valence-corrected chi connectivity index (χ0v) is 17.3. The van der Waals surface area contributed by atoms with Gasteiger partial charge >= 0.3 is 0 Å². The van der Waals surface area contributed by atoms with Crippen molar-refractivity contribution in [3.63, 3.8) is 0 Å². The smallest absolute Gasteiger partial charge is 0.123 e. The van der Waals surface area contributed by atoms with Gasteiger partial charge < -0.3 is 15.0 Å². The number of methoxy groups -OCH3 is 1. The molecule has 0 spiro atoms. The molecule has 1 unspecified atom stereocenters. The minimum absolute atomic E-state index is 0. The Morgan fingerprint density at radius 1 is 1.08 bits per heavy atom. The molecule has 4 nitrogen and oxygen atoms in total. The number of para-hydroxylation sites is 2. The number of halogens is 2. The predicted molar refractivity (Wildman–Crippen MR) is 114 cm³/mol. The van der Waals surface area contributed by atoms with E-state index in [0.717, 1.165) is 31.9 Å². The molecule has 1 heterocycles. The molecule has 6 heteroatoms. The summed E-state index contributed by atoms with van der Waals surface area (Å²) in [6, 6.07) is 17.3. The van der Waals surface area contributed by atoms with Crippen LogP contribution in [0.15, 0.2) is 48.5 Å². The van der Waals surface area contributed by atoms with Crippen LogP contribution in [0, 0.1) is 0 Å². The topological polar surface area (TPSA) is 27.7 Å². The van der Waals surface area contributed by atoms with Crippen molar-refractivity contribution in [1.29, 1.82) is 0 Å². The number of piperazine rings is 1. The minimum atomic E-state index is 0. The van der Waals surface area contributed by atoms with E-state index in [4.69, 9.17) is 4.74 Å². The van der Waals surface area contributed by atoms with Gasteiger partial charge in [-0.3, -0.25) is 4.90 Å². The summed E-state index contributed by atoms with van der Waals surface area (Å²) in [7, 11) is 5.96. The molecule has 0 aliphatic carbocycles. The highest BCUT2D eigenvalue weighted by atomic mass is 35.5. The van der Waals surface area contributed by atoms with Gasteiger partial charge in [-0.2, -0.15) is 0 Å². The molecule has 0 aromatic heterocycles. The van der Waals surface area contributed by atoms with Crippen LogP contribution in [-0.4, -0.2) is 45.7 Å². The monoisotopic (exact) mass is 397 g/mol. The minimum Gasteiger partial charge on any atom is -0.496 e. The summed E-state index contributed by atoms with van der Waals surface area (Å²) in [4.78, 5) is 4.74. The lowest BCUT2D eigenvalue weighted by Crippen LogP contribution is -2.45. The van der Waals surface area contributed by atoms with Gasteiger partial charge in [0.15, 0.2) is 0 Å². The van der Waals surface area contributed by atoms with E-state index < -0.39 is 0 Å². The lowest BCUT2D eigenvalue weighted by atomic mass is 10.0. The molecular formula is C20H29Cl2N3O. The highest BCUT2D eigenvalue weighted by Crippen LogP contribution is 2.32. The standard InChI is InChI=1S/C20H27N3O.2ClH/c1-22(2)18-10-6-4-8-16(18)15-23-13-12-21-14-19(23)17-9-5-7-11-20(17)24-3;;/h4-11,19,21H,12-15H2,1-3H3;2*1H. The van der Waals surface area contributed by atoms with Gasteiger partial charge in [0, 0.05) is 51.5 Å². The zero-order chi connectivity index (χ0) is 16.9. The van der Waals surface area contributed by atoms with Gasteiger partial charge in [0.25, 0.3) is 0 Å². The molecule has 0 radical (unpaired) electrons. The fourth-order valence-electron chi connectivity index (χ4n) is 3.48. The molecule has 1 atom stereocenters. The SMILES string of the molecule is COc1ccccc1C1CNCCN1Cc1ccccc1N(C)C.Cl.Cl. The van der Waals surface area contributed by atoms with Crippen LogP contribution in [0.2, 0.25) is 0 Å². The molecular weight excluding hydrogens is 369 g/mol. The Kier molecular flexibility index (Phi) is 9.23. The summed E-state index contributed by atoms with van der Waals surface area (Å²) in [6.45, 7) is 3.95. The largest absolute Gasteiger partial charge is 0.496 e. The number of nitrogens with one attached hydrogen (secondary N) is 1. The second-order valence-electron chi connectivity index (χ2n) is 6.46. The third-order valence-electron chi connectivity index (χ3n) is 4.70. The van der Waals surface area contributed by atoms with Gasteiger partial charge in [-0.15, -0.1) is 24.8 Å². The van der Waals surface area contributed by atoms with Crippen molar-refractivity contribution in [1.82, 2.24) is 10.2 Å². The molecule has 1 fully saturated rings. The molecule has 1 N–H and O–H groups in total. The molecule has 0 bridgehead atoms. The molecule has 3 rings (SSSR count). The van der Waals surface area contributed by atoms with Crippen molar-refractivity contribution in [3.05, 3.63) is 59.7 Å². The quantitative estimate of drug-likeness (QED) is 0.830. The first kappa shape index (κ1) is 22.6. The van der Waals surface area contributed by atoms with Gasteiger partial charge in [-0.25, -0.2) is 0 Å². The van der Waals surface area contributed by atoms with E-state index in [1.165, 1.54) is 16.8 Å². The van der Waals surface area contributed by atoms with E-state index in [2.05, 4.69) is 71.7 Å². The maximum atomic E-state index is 5.60. The average molecular weight is 398 g/mol. The van der Waals surface area contributed by atoms with Crippen molar-refractivity contribution in [3.8, 4) is 5.75 Å². The maximum Gasteiger partial charge on any atom is 0.123 e. The summed E-state index contributed by atoms with van der Waals surface area (Å²) in [5.41, 5.74) is 3.91. The summed E-state index contributed by atoms with van der Waals surface area (Å²) in [5, 5.41) is 3.53. The lowest BCUT2D eigenvalue weighted by Gasteiger charge is -2.37. The van der Waals surface area contributed by atoms with E-state index >= 15 is 0 Å². The van der Waals surface area contributed by atoms with Crippen LogP contribution >= 0.6 is 24.8 Å². The van der Waals surface area contributed by atoms with Crippen LogP contribution in [-0.2, 0) is 6.54 Å². The number of hydrogen-bond donors (Lipinski definition) is 1. The molecule has 0 amide bonds. The third-order valence-corrected chi connectivity index (χ3v) is 4.70. The van der Waals surface area contributed by atoms with E-state index in [1.54, 1.807) is 7.11 Å². The number of anilines is 1. The van der Waals surface area contributed by atoms with Crippen molar-refractivity contribution >= 4 is 30.5 Å². The molecule has 2 aromatic rings. The highest BCUT2D eigenvalue weighted by Gasteiger charge is 2.26. The first-order chi connectivity index (χ1) is 11.7. The van der Waals surface area contributed by atoms with Crippen LogP contribution in [0.1, 0.15) is 17.2 Å². The van der Waals surface area contributed by atoms with Crippen LogP contribution in [0.3, 0.4) is 0 Å². The Balaban J connectivity index is 0.00000169. The number of nitrogens with zero attached hydrogens (tertiary/aromatic N) is 2. The molecule has 144 valence electrons. The van der Waals surface area contributed by atoms with Crippen molar-refractivity contribution in [2.75, 3.05) is 45.7 Å². The summed E-state index contributed by atoms with van der Waals surface area (Å²) in [5.74, 6) is 0.970. The van der Waals surface area contributed by atoms with Gasteiger partial charge in [-0.05, 0) is 17.7 Å². The van der Waals surface area contributed by atoms with E-state index in [-0.39, 0.29) is 24.8 Å². The van der Waals surface area contributed by atoms with Crippen molar-refractivity contribution in [2.45, 2.75) is 12.6 Å². The Morgan fingerprint density at radius 3 is 2.50 bits per heavy atom. The molecule has 1 aliphatic heterocycles. The van der Waals surface area contributed by atoms with Gasteiger partial charge in [0.05, 0.1) is 13.2 Å². The van der Waals surface area contributed by atoms with Crippen LogP contribution < -0.4 is 15.0 Å². The summed E-state index contributed by atoms with van der Waals surface area (Å²) >= 11 is 0. The second-order valence-corrected chi connectivity index (χ2v) is 6.46. The van der Waals surface area contributed by atoms with Gasteiger partial charge in [0.2, 0.25) is 0 Å². The lowest BCUT2D eigenvalue weighted by molar-refractivity contribution is 0.151. The van der Waals surface area contributed by atoms with Crippen LogP contribution in [0.25, 0.3) is 0 Å². The molecule has 1 aliphatic rings. The first-order valence-corrected chi connectivity index (χ1v) is 8.53. The zero-order valence-electron chi connectivity index (χ0n) is 15.6. The third kappa shape index (κ3) is 5.04. The fraction of sp³-hybridized carbons (Fsp3) is 0.400. The normalized spacial score (nSPS) is 17.0. The summed E-state index contributed by atoms with van der Waals surface area (Å²) < 4.78 is 5.60. The van der Waals surface area contributed by atoms with E-state index in [0.29, 0.717) is 6.04 Å². The fourth-order valence-corrected chi connectivity index (χ4v) is 3.48. The van der Waals surface area contributed by atoms with Crippen molar-refractivity contribution in [2.24, 2.45) is 0 Å². The van der Waals surface area contributed by atoms with Crippen molar-refractivity contribution < 1.29 is 4.74 Å². The number of rotatable bonds is 5. The second kappa shape index (κ2) is 10.6. The Hall–Kier alpha value is -1.46. The first-order valence-electron chi connectivity index (χ1n) is 8.53.